The van der Waals surface area contributed by atoms with Gasteiger partial charge in [0.2, 0.25) is 0 Å². The van der Waals surface area contributed by atoms with E-state index in [0.717, 1.165) is 6.07 Å². The normalized spacial score (nSPS) is 15.7. The zero-order chi connectivity index (χ0) is 23.9. The molecule has 2 heterocycles. The smallest absolute Gasteiger partial charge is 0.444 e. The number of pyridine rings is 1. The van der Waals surface area contributed by atoms with Crippen molar-refractivity contribution in [3.05, 3.63) is 30.0 Å². The van der Waals surface area contributed by atoms with Crippen LogP contribution in [-0.4, -0.2) is 61.7 Å². The van der Waals surface area contributed by atoms with Crippen LogP contribution in [0.4, 0.5) is 23.7 Å². The van der Waals surface area contributed by atoms with E-state index in [2.05, 4.69) is 9.17 Å². The first-order chi connectivity index (χ1) is 14.7. The lowest BCUT2D eigenvalue weighted by atomic mass is 10.1. The predicted molar refractivity (Wildman–Crippen MR) is 112 cm³/mol. The van der Waals surface area contributed by atoms with E-state index >= 15 is 0 Å². The molecule has 1 aromatic carbocycles. The number of rotatable bonds is 3. The SMILES string of the molecule is Cc1cc(OS(=O)(=O)C(F)(F)F)c2cc(N3CCN(C(=O)OC(C)(C)C)CC3)ccc2n1. The van der Waals surface area contributed by atoms with Crippen LogP contribution >= 0.6 is 0 Å². The zero-order valence-electron chi connectivity index (χ0n) is 18.1. The Labute approximate surface area is 184 Å². The maximum atomic E-state index is 12.8. The third kappa shape index (κ3) is 5.34. The lowest BCUT2D eigenvalue weighted by Gasteiger charge is -2.36. The van der Waals surface area contributed by atoms with E-state index in [9.17, 15) is 26.4 Å². The van der Waals surface area contributed by atoms with Gasteiger partial charge in [0.05, 0.1) is 5.52 Å². The second-order valence-corrected chi connectivity index (χ2v) is 9.94. The number of piperazine rings is 1. The van der Waals surface area contributed by atoms with Crippen molar-refractivity contribution < 1.29 is 35.3 Å². The summed E-state index contributed by atoms with van der Waals surface area (Å²) in [6.45, 7) is 8.58. The zero-order valence-corrected chi connectivity index (χ0v) is 18.9. The number of anilines is 1. The number of aryl methyl sites for hydroxylation is 1. The molecule has 12 heteroatoms. The van der Waals surface area contributed by atoms with Gasteiger partial charge in [0.25, 0.3) is 0 Å². The Hall–Kier alpha value is -2.76. The average Bonchev–Trinajstić information content (AvgIpc) is 2.65. The molecular formula is C20H24F3N3O5S. The molecule has 0 radical (unpaired) electrons. The summed E-state index contributed by atoms with van der Waals surface area (Å²) in [6.07, 6.45) is -0.414. The van der Waals surface area contributed by atoms with Crippen LogP contribution < -0.4 is 9.08 Å². The number of hydrogen-bond acceptors (Lipinski definition) is 7. The minimum absolute atomic E-state index is 0.135. The van der Waals surface area contributed by atoms with E-state index in [0.29, 0.717) is 43.1 Å². The van der Waals surface area contributed by atoms with Crippen molar-refractivity contribution in [3.8, 4) is 5.75 Å². The van der Waals surface area contributed by atoms with Gasteiger partial charge < -0.3 is 18.7 Å². The standard InChI is InChI=1S/C20H24F3N3O5S/c1-13-11-17(31-32(28,29)20(21,22)23)15-12-14(5-6-16(15)24-13)25-7-9-26(10-8-25)18(27)30-19(2,3)4/h5-6,11-12H,7-10H2,1-4H3. The van der Waals surface area contributed by atoms with Gasteiger partial charge in [0, 0.05) is 49.0 Å². The molecule has 2 aromatic rings. The third-order valence-electron chi connectivity index (χ3n) is 4.66. The van der Waals surface area contributed by atoms with Crippen LogP contribution in [0.5, 0.6) is 5.75 Å². The molecule has 1 saturated heterocycles. The van der Waals surface area contributed by atoms with Crippen LogP contribution in [0.3, 0.4) is 0 Å². The molecule has 0 spiro atoms. The number of carbonyl (C=O) groups is 1. The second kappa shape index (κ2) is 8.30. The Bertz CT molecular complexity index is 1120. The molecule has 3 rings (SSSR count). The molecule has 0 bridgehead atoms. The Morgan fingerprint density at radius 2 is 1.69 bits per heavy atom. The molecular weight excluding hydrogens is 451 g/mol. The first-order valence-electron chi connectivity index (χ1n) is 9.81. The lowest BCUT2D eigenvalue weighted by Crippen LogP contribution is -2.50. The van der Waals surface area contributed by atoms with E-state index in [1.54, 1.807) is 37.8 Å². The Morgan fingerprint density at radius 1 is 1.06 bits per heavy atom. The molecule has 0 unspecified atom stereocenters. The quantitative estimate of drug-likeness (QED) is 0.492. The molecule has 176 valence electrons. The highest BCUT2D eigenvalue weighted by atomic mass is 32.2. The van der Waals surface area contributed by atoms with Gasteiger partial charge in [-0.1, -0.05) is 0 Å². The van der Waals surface area contributed by atoms with Crippen molar-refractivity contribution in [3.63, 3.8) is 0 Å². The van der Waals surface area contributed by atoms with Gasteiger partial charge in [-0.25, -0.2) is 4.79 Å². The maximum Gasteiger partial charge on any atom is 0.534 e. The van der Waals surface area contributed by atoms with Gasteiger partial charge in [-0.3, -0.25) is 4.98 Å². The highest BCUT2D eigenvalue weighted by Gasteiger charge is 2.48. The number of fused-ring (bicyclic) bond motifs is 1. The summed E-state index contributed by atoms with van der Waals surface area (Å²) in [4.78, 5) is 20.0. The topological polar surface area (TPSA) is 89.0 Å². The van der Waals surface area contributed by atoms with Gasteiger partial charge in [-0.2, -0.15) is 21.6 Å². The summed E-state index contributed by atoms with van der Waals surface area (Å²) in [5, 5.41) is 0.135. The minimum Gasteiger partial charge on any atom is -0.444 e. The van der Waals surface area contributed by atoms with Gasteiger partial charge in [0.15, 0.2) is 5.75 Å². The molecule has 0 atom stereocenters. The van der Waals surface area contributed by atoms with Crippen LogP contribution in [0.25, 0.3) is 10.9 Å². The predicted octanol–water partition coefficient (Wildman–Crippen LogP) is 3.83. The number of hydrogen-bond donors (Lipinski definition) is 0. The van der Waals surface area contributed by atoms with Crippen molar-refractivity contribution in [2.45, 2.75) is 38.8 Å². The molecule has 0 N–H and O–H groups in total. The number of benzene rings is 1. The van der Waals surface area contributed by atoms with Gasteiger partial charge in [-0.05, 0) is 45.9 Å². The number of alkyl halides is 3. The molecule has 32 heavy (non-hydrogen) atoms. The fourth-order valence-electron chi connectivity index (χ4n) is 3.21. The monoisotopic (exact) mass is 475 g/mol. The van der Waals surface area contributed by atoms with Gasteiger partial charge >= 0.3 is 21.7 Å². The van der Waals surface area contributed by atoms with E-state index < -0.39 is 33.1 Å². The number of ether oxygens (including phenoxy) is 1. The maximum absolute atomic E-state index is 12.8. The summed E-state index contributed by atoms with van der Waals surface area (Å²) < 4.78 is 71.3. The number of nitrogens with zero attached hydrogens (tertiary/aromatic N) is 3. The second-order valence-electron chi connectivity index (χ2n) is 8.40. The van der Waals surface area contributed by atoms with Gasteiger partial charge in [0.1, 0.15) is 5.60 Å². The molecule has 0 aliphatic carbocycles. The first kappa shape index (κ1) is 23.9. The molecule has 1 amide bonds. The first-order valence-corrected chi connectivity index (χ1v) is 11.2. The number of halogens is 3. The van der Waals surface area contributed by atoms with Crippen LogP contribution in [0, 0.1) is 6.92 Å². The molecule has 0 saturated carbocycles. The summed E-state index contributed by atoms with van der Waals surface area (Å²) >= 11 is 0. The lowest BCUT2D eigenvalue weighted by molar-refractivity contribution is -0.0499. The summed E-state index contributed by atoms with van der Waals surface area (Å²) in [5.74, 6) is -0.445. The summed E-state index contributed by atoms with van der Waals surface area (Å²) in [6, 6.07) is 6.01. The Morgan fingerprint density at radius 3 is 2.25 bits per heavy atom. The van der Waals surface area contributed by atoms with E-state index in [-0.39, 0.29) is 5.39 Å². The molecule has 1 aromatic heterocycles. The van der Waals surface area contributed by atoms with E-state index in [1.165, 1.54) is 13.0 Å². The fraction of sp³-hybridized carbons (Fsp3) is 0.500. The Balaban J connectivity index is 1.84. The van der Waals surface area contributed by atoms with Crippen molar-refractivity contribution in [1.82, 2.24) is 9.88 Å². The van der Waals surface area contributed by atoms with Crippen LogP contribution in [0.2, 0.25) is 0 Å². The molecule has 1 aliphatic rings. The van der Waals surface area contributed by atoms with Crippen molar-refractivity contribution in [1.29, 1.82) is 0 Å². The van der Waals surface area contributed by atoms with Gasteiger partial charge in [-0.15, -0.1) is 0 Å². The van der Waals surface area contributed by atoms with Crippen molar-refractivity contribution in [2.24, 2.45) is 0 Å². The molecule has 1 fully saturated rings. The van der Waals surface area contributed by atoms with Crippen LogP contribution in [-0.2, 0) is 14.9 Å². The number of amides is 1. The minimum atomic E-state index is -5.83. The highest BCUT2D eigenvalue weighted by molar-refractivity contribution is 7.88. The Kier molecular flexibility index (Phi) is 6.20. The highest BCUT2D eigenvalue weighted by Crippen LogP contribution is 2.34. The molecule has 1 aliphatic heterocycles. The summed E-state index contributed by atoms with van der Waals surface area (Å²) in [5.41, 5.74) is -4.91. The van der Waals surface area contributed by atoms with Crippen molar-refractivity contribution in [2.75, 3.05) is 31.1 Å². The van der Waals surface area contributed by atoms with E-state index in [4.69, 9.17) is 4.74 Å². The number of aromatic nitrogens is 1. The molecule has 8 nitrogen and oxygen atoms in total. The third-order valence-corrected chi connectivity index (χ3v) is 5.63. The average molecular weight is 475 g/mol. The van der Waals surface area contributed by atoms with Crippen LogP contribution in [0.15, 0.2) is 24.3 Å². The number of carbonyl (C=O) groups excluding carboxylic acids is 1. The van der Waals surface area contributed by atoms with E-state index in [1.807, 2.05) is 4.90 Å². The fourth-order valence-corrected chi connectivity index (χ4v) is 3.68. The summed E-state index contributed by atoms with van der Waals surface area (Å²) in [7, 11) is -5.83. The van der Waals surface area contributed by atoms with Crippen LogP contribution in [0.1, 0.15) is 26.5 Å². The largest absolute Gasteiger partial charge is 0.534 e. The van der Waals surface area contributed by atoms with Crippen molar-refractivity contribution >= 4 is 32.8 Å².